The molecular formula is C27H20N2O. The summed E-state index contributed by atoms with van der Waals surface area (Å²) in [5.74, 6) is 1.05. The maximum Gasteiger partial charge on any atom is 0.189 e. The van der Waals surface area contributed by atoms with Gasteiger partial charge in [0.15, 0.2) is 5.82 Å². The van der Waals surface area contributed by atoms with E-state index in [0.29, 0.717) is 0 Å². The summed E-state index contributed by atoms with van der Waals surface area (Å²) in [6.45, 7) is 2.14. The van der Waals surface area contributed by atoms with Gasteiger partial charge in [0, 0.05) is 21.8 Å². The molecule has 0 atom stereocenters. The summed E-state index contributed by atoms with van der Waals surface area (Å²) in [6.07, 6.45) is 5.35. The Morgan fingerprint density at radius 3 is 2.37 bits per heavy atom. The number of rotatable bonds is 2. The Balaban J connectivity index is 1.74. The second kappa shape index (κ2) is 6.33. The van der Waals surface area contributed by atoms with Crippen LogP contribution in [0.1, 0.15) is 5.56 Å². The van der Waals surface area contributed by atoms with Gasteiger partial charge in [0.25, 0.3) is 0 Å². The Hall–Kier alpha value is -3.85. The van der Waals surface area contributed by atoms with Crippen LogP contribution in [0.15, 0.2) is 89.5 Å². The van der Waals surface area contributed by atoms with Crippen molar-refractivity contribution in [3.63, 3.8) is 0 Å². The van der Waals surface area contributed by atoms with Crippen LogP contribution in [-0.2, 0) is 7.05 Å². The highest BCUT2D eigenvalue weighted by molar-refractivity contribution is 6.17. The molecule has 144 valence electrons. The van der Waals surface area contributed by atoms with Crippen LogP contribution < -0.4 is 4.57 Å². The fraction of sp³-hybridized carbons (Fsp3) is 0.0741. The molecule has 6 aromatic rings. The lowest BCUT2D eigenvalue weighted by atomic mass is 10.0. The Morgan fingerprint density at radius 2 is 1.50 bits per heavy atom. The zero-order chi connectivity index (χ0) is 20.2. The van der Waals surface area contributed by atoms with Crippen molar-refractivity contribution < 1.29 is 8.98 Å². The summed E-state index contributed by atoms with van der Waals surface area (Å²) in [5.41, 5.74) is 5.21. The van der Waals surface area contributed by atoms with Gasteiger partial charge in [-0.2, -0.15) is 0 Å². The number of hydrogen-bond donors (Lipinski definition) is 0. The number of aromatic nitrogens is 2. The lowest BCUT2D eigenvalue weighted by molar-refractivity contribution is -0.587. The first-order valence-corrected chi connectivity index (χ1v) is 10.1. The van der Waals surface area contributed by atoms with Crippen LogP contribution in [0.25, 0.3) is 49.8 Å². The third-order valence-corrected chi connectivity index (χ3v) is 5.90. The molecule has 0 aliphatic carbocycles. The van der Waals surface area contributed by atoms with Gasteiger partial charge >= 0.3 is 0 Å². The minimum absolute atomic E-state index is 0.918. The zero-order valence-electron chi connectivity index (χ0n) is 16.9. The van der Waals surface area contributed by atoms with Crippen molar-refractivity contribution in [2.75, 3.05) is 0 Å². The minimum Gasteiger partial charge on any atom is -0.456 e. The Labute approximate surface area is 174 Å². The second-order valence-corrected chi connectivity index (χ2v) is 7.76. The van der Waals surface area contributed by atoms with Gasteiger partial charge in [-0.05, 0) is 23.9 Å². The largest absolute Gasteiger partial charge is 0.456 e. The van der Waals surface area contributed by atoms with Crippen molar-refractivity contribution in [2.45, 2.75) is 6.92 Å². The van der Waals surface area contributed by atoms with Gasteiger partial charge in [0.05, 0.1) is 25.0 Å². The van der Waals surface area contributed by atoms with E-state index in [1.807, 2.05) is 24.4 Å². The van der Waals surface area contributed by atoms with Crippen molar-refractivity contribution in [2.24, 2.45) is 7.05 Å². The Bertz CT molecular complexity index is 1550. The van der Waals surface area contributed by atoms with E-state index >= 15 is 0 Å². The Kier molecular flexibility index (Phi) is 3.59. The number of furan rings is 1. The topological polar surface area (TPSA) is 21.9 Å². The lowest BCUT2D eigenvalue weighted by Gasteiger charge is -2.14. The molecule has 0 spiro atoms. The molecule has 3 nitrogen and oxygen atoms in total. The first-order chi connectivity index (χ1) is 14.7. The van der Waals surface area contributed by atoms with Crippen LogP contribution in [0, 0.1) is 13.1 Å². The number of nitrogens with zero attached hydrogens (tertiary/aromatic N) is 2. The highest BCUT2D eigenvalue weighted by Crippen LogP contribution is 2.39. The van der Waals surface area contributed by atoms with E-state index in [2.05, 4.69) is 90.0 Å². The van der Waals surface area contributed by atoms with E-state index in [1.165, 1.54) is 10.9 Å². The van der Waals surface area contributed by atoms with Crippen LogP contribution in [0.2, 0.25) is 0 Å². The number of hydrogen-bond acceptors (Lipinski definition) is 1. The molecule has 0 fully saturated rings. The highest BCUT2D eigenvalue weighted by atomic mass is 16.3. The van der Waals surface area contributed by atoms with Crippen LogP contribution >= 0.6 is 0 Å². The lowest BCUT2D eigenvalue weighted by Crippen LogP contribution is -2.32. The van der Waals surface area contributed by atoms with Crippen molar-refractivity contribution in [1.82, 2.24) is 4.57 Å². The van der Waals surface area contributed by atoms with Crippen molar-refractivity contribution >= 4 is 32.7 Å². The molecule has 0 saturated carbocycles. The zero-order valence-corrected chi connectivity index (χ0v) is 16.9. The predicted molar refractivity (Wildman–Crippen MR) is 121 cm³/mol. The summed E-state index contributed by atoms with van der Waals surface area (Å²) in [4.78, 5) is 0. The fourth-order valence-electron chi connectivity index (χ4n) is 4.43. The molecule has 2 heterocycles. The Morgan fingerprint density at radius 1 is 0.767 bits per heavy atom. The molecule has 2 aromatic heterocycles. The maximum absolute atomic E-state index is 6.61. The predicted octanol–water partition coefficient (Wildman–Crippen LogP) is 6.13. The summed E-state index contributed by atoms with van der Waals surface area (Å²) < 4.78 is 10.8. The number of para-hydroxylation sites is 1. The number of fused-ring (bicyclic) bond motifs is 5. The molecule has 6 rings (SSSR count). The van der Waals surface area contributed by atoms with Crippen LogP contribution in [0.5, 0.6) is 0 Å². The monoisotopic (exact) mass is 388 g/mol. The van der Waals surface area contributed by atoms with Gasteiger partial charge in [-0.1, -0.05) is 72.8 Å². The SMILES string of the molecule is Cc1ccc2c(oc3c4ccccc4ccc23)c1-c1n(C)c[c-][n+]1-c1ccccc1. The van der Waals surface area contributed by atoms with E-state index in [9.17, 15) is 0 Å². The van der Waals surface area contributed by atoms with Gasteiger partial charge in [-0.25, -0.2) is 0 Å². The summed E-state index contributed by atoms with van der Waals surface area (Å²) >= 11 is 0. The average Bonchev–Trinajstić information content (AvgIpc) is 3.35. The third kappa shape index (κ3) is 2.35. The van der Waals surface area contributed by atoms with Gasteiger partial charge in [0.1, 0.15) is 11.2 Å². The molecule has 0 unspecified atom stereocenters. The van der Waals surface area contributed by atoms with Crippen LogP contribution in [0.3, 0.4) is 0 Å². The number of benzene rings is 4. The molecule has 30 heavy (non-hydrogen) atoms. The maximum atomic E-state index is 6.61. The molecule has 4 aromatic carbocycles. The molecule has 0 aliphatic heterocycles. The normalized spacial score (nSPS) is 11.7. The fourth-order valence-corrected chi connectivity index (χ4v) is 4.43. The first-order valence-electron chi connectivity index (χ1n) is 10.1. The quantitative estimate of drug-likeness (QED) is 0.258. The van der Waals surface area contributed by atoms with Crippen LogP contribution in [0.4, 0.5) is 0 Å². The van der Waals surface area contributed by atoms with Crippen molar-refractivity contribution in [3.05, 3.63) is 96.8 Å². The van der Waals surface area contributed by atoms with Gasteiger partial charge in [-0.15, -0.1) is 0 Å². The first kappa shape index (κ1) is 17.0. The number of imidazole rings is 1. The molecule has 0 bridgehead atoms. The van der Waals surface area contributed by atoms with Crippen molar-refractivity contribution in [3.8, 4) is 17.1 Å². The number of aryl methyl sites for hydroxylation is 2. The molecule has 3 heteroatoms. The van der Waals surface area contributed by atoms with E-state index in [1.54, 1.807) is 0 Å². The molecule has 0 radical (unpaired) electrons. The van der Waals surface area contributed by atoms with Gasteiger partial charge < -0.3 is 8.98 Å². The standard InChI is InChI=1S/C27H20N2O/c1-18-12-14-23-22-15-13-19-8-6-7-11-21(19)25(22)30-26(23)24(18)27-28(2)16-17-29(27)20-9-4-3-5-10-20/h3-16H,1-2H3. The van der Waals surface area contributed by atoms with Crippen molar-refractivity contribution in [1.29, 1.82) is 0 Å². The summed E-state index contributed by atoms with van der Waals surface area (Å²) in [5, 5.41) is 4.62. The molecule has 0 saturated heterocycles. The molecular weight excluding hydrogens is 368 g/mol. The second-order valence-electron chi connectivity index (χ2n) is 7.76. The molecule has 0 N–H and O–H groups in total. The van der Waals surface area contributed by atoms with Crippen LogP contribution in [-0.4, -0.2) is 4.57 Å². The molecule has 0 amide bonds. The van der Waals surface area contributed by atoms with E-state index < -0.39 is 0 Å². The van der Waals surface area contributed by atoms with E-state index in [-0.39, 0.29) is 0 Å². The highest BCUT2D eigenvalue weighted by Gasteiger charge is 2.20. The van der Waals surface area contributed by atoms with Gasteiger partial charge in [0.2, 0.25) is 0 Å². The van der Waals surface area contributed by atoms with E-state index in [4.69, 9.17) is 4.42 Å². The van der Waals surface area contributed by atoms with Gasteiger partial charge in [-0.3, -0.25) is 4.57 Å². The third-order valence-electron chi connectivity index (χ3n) is 5.90. The summed E-state index contributed by atoms with van der Waals surface area (Å²) in [7, 11) is 2.06. The minimum atomic E-state index is 0.918. The van der Waals surface area contributed by atoms with E-state index in [0.717, 1.165) is 44.4 Å². The summed E-state index contributed by atoms with van der Waals surface area (Å²) in [6, 6.07) is 27.4. The smallest absolute Gasteiger partial charge is 0.189 e. The average molecular weight is 388 g/mol. The molecule has 0 aliphatic rings.